The van der Waals surface area contributed by atoms with E-state index < -0.39 is 5.82 Å². The van der Waals surface area contributed by atoms with Crippen molar-refractivity contribution >= 4 is 39.1 Å². The summed E-state index contributed by atoms with van der Waals surface area (Å²) in [5.41, 5.74) is 1.09. The van der Waals surface area contributed by atoms with Gasteiger partial charge in [-0.2, -0.15) is 9.97 Å². The van der Waals surface area contributed by atoms with Gasteiger partial charge in [-0.3, -0.25) is 4.98 Å². The largest absolute Gasteiger partial charge is 0.459 e. The zero-order valence-corrected chi connectivity index (χ0v) is 21.4. The Bertz CT molecular complexity index is 1500. The van der Waals surface area contributed by atoms with Gasteiger partial charge in [-0.15, -0.1) is 0 Å². The van der Waals surface area contributed by atoms with Crippen LogP contribution >= 0.6 is 11.6 Å². The van der Waals surface area contributed by atoms with E-state index in [0.717, 1.165) is 56.2 Å². The van der Waals surface area contributed by atoms with E-state index in [1.54, 1.807) is 6.20 Å². The van der Waals surface area contributed by atoms with Gasteiger partial charge in [-0.05, 0) is 37.8 Å². The molecule has 1 N–H and O–H groups in total. The lowest BCUT2D eigenvalue weighted by Crippen LogP contribution is -2.51. The molecule has 2 aromatic carbocycles. The summed E-state index contributed by atoms with van der Waals surface area (Å²) in [4.78, 5) is 18.5. The van der Waals surface area contributed by atoms with Gasteiger partial charge in [0.15, 0.2) is 5.82 Å². The number of benzene rings is 2. The summed E-state index contributed by atoms with van der Waals surface area (Å²) in [6, 6.07) is 12.4. The first-order valence-electron chi connectivity index (χ1n) is 12.9. The number of rotatable bonds is 4. The van der Waals surface area contributed by atoms with Gasteiger partial charge in [0.2, 0.25) is 0 Å². The highest BCUT2D eigenvalue weighted by atomic mass is 35.5. The standard InChI is InChI=1S/C28H28ClFN6O/c1-35-11-10-19(15-35)37-28-33-26-21(27(34-28)36-13-17-8-9-18(14-36)32-17)12-31-25(24(26)30)20-6-2-4-16-5-3-7-22(29)23(16)20/h2-7,12,17-19,32H,8-11,13-15H2,1H3/t17-,18+,19-/m0/s1. The maximum Gasteiger partial charge on any atom is 0.319 e. The lowest BCUT2D eigenvalue weighted by atomic mass is 10.0. The number of ether oxygens (including phenoxy) is 1. The van der Waals surface area contributed by atoms with E-state index in [-0.39, 0.29) is 23.3 Å². The Kier molecular flexibility index (Phi) is 5.64. The van der Waals surface area contributed by atoms with Crippen LogP contribution in [0.4, 0.5) is 10.2 Å². The van der Waals surface area contributed by atoms with Crippen LogP contribution in [0.15, 0.2) is 42.6 Å². The molecular formula is C28H28ClFN6O. The minimum Gasteiger partial charge on any atom is -0.459 e. The topological polar surface area (TPSA) is 66.4 Å². The van der Waals surface area contributed by atoms with Gasteiger partial charge < -0.3 is 19.9 Å². The van der Waals surface area contributed by atoms with Crippen molar-refractivity contribution in [2.75, 3.05) is 38.1 Å². The molecule has 0 aliphatic carbocycles. The van der Waals surface area contributed by atoms with Crippen molar-refractivity contribution < 1.29 is 9.13 Å². The molecule has 9 heteroatoms. The van der Waals surface area contributed by atoms with Crippen LogP contribution in [0.5, 0.6) is 6.01 Å². The number of pyridine rings is 1. The number of anilines is 1. The summed E-state index contributed by atoms with van der Waals surface area (Å²) in [7, 11) is 2.07. The molecule has 2 aromatic heterocycles. The van der Waals surface area contributed by atoms with E-state index in [9.17, 15) is 0 Å². The number of hydrogen-bond donors (Lipinski definition) is 1. The van der Waals surface area contributed by atoms with Crippen molar-refractivity contribution in [2.24, 2.45) is 0 Å². The monoisotopic (exact) mass is 518 g/mol. The van der Waals surface area contributed by atoms with E-state index in [1.165, 1.54) is 0 Å². The highest BCUT2D eigenvalue weighted by Crippen LogP contribution is 2.38. The van der Waals surface area contributed by atoms with Gasteiger partial charge in [-0.25, -0.2) is 4.39 Å². The maximum absolute atomic E-state index is 16.4. The number of nitrogens with zero attached hydrogens (tertiary/aromatic N) is 5. The van der Waals surface area contributed by atoms with Crippen molar-refractivity contribution in [3.8, 4) is 17.3 Å². The van der Waals surface area contributed by atoms with Gasteiger partial charge in [0.1, 0.15) is 23.1 Å². The lowest BCUT2D eigenvalue weighted by molar-refractivity contribution is 0.192. The Labute approximate surface area is 219 Å². The van der Waals surface area contributed by atoms with Crippen molar-refractivity contribution in [3.63, 3.8) is 0 Å². The first kappa shape index (κ1) is 23.1. The van der Waals surface area contributed by atoms with Crippen LogP contribution in [0.1, 0.15) is 19.3 Å². The van der Waals surface area contributed by atoms with Crippen molar-refractivity contribution in [2.45, 2.75) is 37.5 Å². The predicted octanol–water partition coefficient (Wildman–Crippen LogP) is 4.66. The smallest absolute Gasteiger partial charge is 0.319 e. The number of likely N-dealkylation sites (tertiary alicyclic amines) is 1. The summed E-state index contributed by atoms with van der Waals surface area (Å²) in [5, 5.41) is 6.52. The minimum absolute atomic E-state index is 0.0178. The van der Waals surface area contributed by atoms with Crippen LogP contribution in [-0.2, 0) is 0 Å². The van der Waals surface area contributed by atoms with Gasteiger partial charge in [-0.1, -0.05) is 41.9 Å². The molecule has 37 heavy (non-hydrogen) atoms. The quantitative estimate of drug-likeness (QED) is 0.421. The first-order valence-corrected chi connectivity index (χ1v) is 13.3. The zero-order valence-electron chi connectivity index (χ0n) is 20.6. The zero-order chi connectivity index (χ0) is 25.1. The second-order valence-electron chi connectivity index (χ2n) is 10.5. The predicted molar refractivity (Wildman–Crippen MR) is 144 cm³/mol. The summed E-state index contributed by atoms with van der Waals surface area (Å²) in [6.45, 7) is 3.39. The van der Waals surface area contributed by atoms with Crippen LogP contribution in [0.2, 0.25) is 5.02 Å². The average Bonchev–Trinajstić information content (AvgIpc) is 3.47. The minimum atomic E-state index is -0.486. The molecule has 0 saturated carbocycles. The number of piperazine rings is 1. The average molecular weight is 519 g/mol. The molecule has 5 heterocycles. The molecule has 3 saturated heterocycles. The van der Waals surface area contributed by atoms with Gasteiger partial charge >= 0.3 is 6.01 Å². The molecule has 7 nitrogen and oxygen atoms in total. The number of fused-ring (bicyclic) bond motifs is 4. The molecule has 190 valence electrons. The Morgan fingerprint density at radius 1 is 1.03 bits per heavy atom. The SMILES string of the molecule is CN1CC[C@H](Oc2nc(N3C[C@H]4CC[C@@H](C3)N4)c3cnc(-c4cccc5cccc(Cl)c45)c(F)c3n2)C1. The van der Waals surface area contributed by atoms with E-state index >= 15 is 4.39 Å². The van der Waals surface area contributed by atoms with Crippen LogP contribution in [0.3, 0.4) is 0 Å². The molecule has 7 rings (SSSR count). The van der Waals surface area contributed by atoms with Crippen LogP contribution in [0, 0.1) is 5.82 Å². The fourth-order valence-electron chi connectivity index (χ4n) is 6.11. The van der Waals surface area contributed by atoms with Crippen molar-refractivity contribution in [1.29, 1.82) is 0 Å². The molecule has 2 bridgehead atoms. The molecule has 3 aliphatic rings. The molecule has 3 atom stereocenters. The van der Waals surface area contributed by atoms with Crippen LogP contribution < -0.4 is 15.0 Å². The number of aromatic nitrogens is 3. The van der Waals surface area contributed by atoms with E-state index in [4.69, 9.17) is 21.3 Å². The van der Waals surface area contributed by atoms with Crippen LogP contribution in [-0.4, -0.2) is 71.3 Å². The molecule has 0 unspecified atom stereocenters. The van der Waals surface area contributed by atoms with Gasteiger partial charge in [0.25, 0.3) is 0 Å². The molecule has 3 aliphatic heterocycles. The normalized spacial score (nSPS) is 23.9. The molecule has 4 aromatic rings. The van der Waals surface area contributed by atoms with E-state index in [2.05, 4.69) is 32.1 Å². The number of nitrogens with one attached hydrogen (secondary N) is 1. The van der Waals surface area contributed by atoms with Crippen LogP contribution in [0.25, 0.3) is 32.9 Å². The number of halogens is 2. The molecule has 3 fully saturated rings. The Hall–Kier alpha value is -3.07. The second-order valence-corrected chi connectivity index (χ2v) is 10.9. The number of hydrogen-bond acceptors (Lipinski definition) is 7. The molecular weight excluding hydrogens is 491 g/mol. The third kappa shape index (κ3) is 4.07. The fraction of sp³-hybridized carbons (Fsp3) is 0.393. The highest BCUT2D eigenvalue weighted by Gasteiger charge is 2.34. The highest BCUT2D eigenvalue weighted by molar-refractivity contribution is 6.36. The third-order valence-corrected chi connectivity index (χ3v) is 8.20. The third-order valence-electron chi connectivity index (χ3n) is 7.89. The van der Waals surface area contributed by atoms with Gasteiger partial charge in [0, 0.05) is 60.4 Å². The summed E-state index contributed by atoms with van der Waals surface area (Å²) in [5.74, 6) is 0.207. The van der Waals surface area contributed by atoms with E-state index in [1.807, 2.05) is 36.4 Å². The Morgan fingerprint density at radius 2 is 1.81 bits per heavy atom. The summed E-state index contributed by atoms with van der Waals surface area (Å²) < 4.78 is 22.6. The van der Waals surface area contributed by atoms with Gasteiger partial charge in [0.05, 0.1) is 5.39 Å². The summed E-state index contributed by atoms with van der Waals surface area (Å²) in [6.07, 6.45) is 4.86. The van der Waals surface area contributed by atoms with Crippen molar-refractivity contribution in [1.82, 2.24) is 25.2 Å². The lowest BCUT2D eigenvalue weighted by Gasteiger charge is -2.34. The maximum atomic E-state index is 16.4. The Morgan fingerprint density at radius 3 is 2.57 bits per heavy atom. The molecule has 0 radical (unpaired) electrons. The summed E-state index contributed by atoms with van der Waals surface area (Å²) >= 11 is 6.56. The molecule has 0 amide bonds. The molecule has 0 spiro atoms. The fourth-order valence-corrected chi connectivity index (χ4v) is 6.39. The van der Waals surface area contributed by atoms with Crippen molar-refractivity contribution in [3.05, 3.63) is 53.4 Å². The number of likely N-dealkylation sites (N-methyl/N-ethyl adjacent to an activating group) is 1. The second kappa shape index (κ2) is 9.04. The first-order chi connectivity index (χ1) is 18.0. The van der Waals surface area contributed by atoms with E-state index in [0.29, 0.717) is 33.9 Å². The Balaban J connectivity index is 1.39.